The van der Waals surface area contributed by atoms with E-state index in [1.165, 1.54) is 12.1 Å². The number of carbonyl (C=O) groups is 2. The monoisotopic (exact) mass is 535 g/mol. The van der Waals surface area contributed by atoms with E-state index in [2.05, 4.69) is 6.92 Å². The molecule has 1 aliphatic carbocycles. The zero-order valence-corrected chi connectivity index (χ0v) is 22.6. The van der Waals surface area contributed by atoms with Gasteiger partial charge >= 0.3 is 0 Å². The fourth-order valence-electron chi connectivity index (χ4n) is 5.80. The van der Waals surface area contributed by atoms with Gasteiger partial charge in [0.15, 0.2) is 5.65 Å². The summed E-state index contributed by atoms with van der Waals surface area (Å²) in [5.74, 6) is -0.827. The number of rotatable bonds is 4. The third kappa shape index (κ3) is 4.59. The number of amides is 2. The molecule has 39 heavy (non-hydrogen) atoms. The topological polar surface area (TPSA) is 100 Å². The van der Waals surface area contributed by atoms with Crippen molar-refractivity contribution in [1.82, 2.24) is 24.4 Å². The van der Waals surface area contributed by atoms with E-state index in [0.717, 1.165) is 24.0 Å². The van der Waals surface area contributed by atoms with Crippen LogP contribution in [0, 0.1) is 5.82 Å². The van der Waals surface area contributed by atoms with Crippen LogP contribution in [0.15, 0.2) is 36.5 Å². The van der Waals surface area contributed by atoms with Crippen LogP contribution in [-0.4, -0.2) is 85.3 Å². The van der Waals surface area contributed by atoms with Crippen LogP contribution >= 0.6 is 0 Å². The molecule has 206 valence electrons. The number of carbonyl (C=O) groups excluding carboxylic acids is 2. The van der Waals surface area contributed by atoms with Crippen molar-refractivity contribution in [2.45, 2.75) is 63.0 Å². The molecule has 0 atom stereocenters. The molecule has 0 unspecified atom stereocenters. The molecule has 3 aromatic rings. The van der Waals surface area contributed by atoms with Gasteiger partial charge in [-0.2, -0.15) is 5.10 Å². The number of ether oxygens (including phenoxy) is 1. The highest BCUT2D eigenvalue weighted by Crippen LogP contribution is 2.49. The fraction of sp³-hybridized carbons (Fsp3) is 0.517. The largest absolute Gasteiger partial charge is 0.381 e. The maximum atomic E-state index is 13.8. The summed E-state index contributed by atoms with van der Waals surface area (Å²) in [5, 5.41) is 15.6. The van der Waals surface area contributed by atoms with Gasteiger partial charge in [-0.25, -0.2) is 13.9 Å². The summed E-state index contributed by atoms with van der Waals surface area (Å²) in [5.41, 5.74) is 1.33. The molecule has 3 aliphatic rings. The molecule has 1 N–H and O–H groups in total. The van der Waals surface area contributed by atoms with Crippen molar-refractivity contribution >= 4 is 17.5 Å². The van der Waals surface area contributed by atoms with Crippen LogP contribution in [0.5, 0.6) is 0 Å². The van der Waals surface area contributed by atoms with Gasteiger partial charge in [-0.05, 0) is 62.4 Å². The first kappa shape index (κ1) is 25.9. The van der Waals surface area contributed by atoms with Crippen molar-refractivity contribution in [2.75, 3.05) is 32.8 Å². The summed E-state index contributed by atoms with van der Waals surface area (Å²) in [7, 11) is 0. The van der Waals surface area contributed by atoms with Crippen LogP contribution in [0.1, 0.15) is 62.5 Å². The lowest BCUT2D eigenvalue weighted by atomic mass is 9.90. The Bertz CT molecular complexity index is 1440. The van der Waals surface area contributed by atoms with Crippen LogP contribution in [0.2, 0.25) is 0 Å². The first-order valence-electron chi connectivity index (χ1n) is 13.6. The molecule has 0 spiro atoms. The van der Waals surface area contributed by atoms with Crippen molar-refractivity contribution in [2.24, 2.45) is 0 Å². The molecule has 1 saturated carbocycles. The van der Waals surface area contributed by atoms with Gasteiger partial charge in [0.25, 0.3) is 11.8 Å². The maximum Gasteiger partial charge on any atom is 0.274 e. The predicted molar refractivity (Wildman–Crippen MR) is 142 cm³/mol. The van der Waals surface area contributed by atoms with E-state index in [1.54, 1.807) is 32.6 Å². The molecule has 2 amide bonds. The predicted octanol–water partition coefficient (Wildman–Crippen LogP) is 3.19. The lowest BCUT2D eigenvalue weighted by molar-refractivity contribution is -0.164. The van der Waals surface area contributed by atoms with Crippen LogP contribution in [0.25, 0.3) is 16.9 Å². The molecule has 10 heteroatoms. The minimum atomic E-state index is -1.41. The second-order valence-electron chi connectivity index (χ2n) is 12.0. The highest BCUT2D eigenvalue weighted by atomic mass is 19.1. The van der Waals surface area contributed by atoms with Crippen LogP contribution in [-0.2, 0) is 14.9 Å². The SMILES string of the molecule is CC1(c2cc(-c3ccc(F)cc3)nn3cc(C(=O)N4CCN(C(=O)C5(O)CCOCC5)CC4(C)C)nc23)CC1. The molecule has 6 rings (SSSR count). The lowest BCUT2D eigenvalue weighted by Crippen LogP contribution is -2.65. The molecule has 1 aromatic carbocycles. The van der Waals surface area contributed by atoms with Crippen molar-refractivity contribution in [3.8, 4) is 11.3 Å². The van der Waals surface area contributed by atoms with Gasteiger partial charge in [0, 0.05) is 56.8 Å². The van der Waals surface area contributed by atoms with E-state index >= 15 is 0 Å². The number of fused-ring (bicyclic) bond motifs is 1. The van der Waals surface area contributed by atoms with E-state index in [1.807, 2.05) is 19.9 Å². The lowest BCUT2D eigenvalue weighted by Gasteiger charge is -2.48. The normalized spacial score (nSPS) is 21.7. The fourth-order valence-corrected chi connectivity index (χ4v) is 5.80. The average molecular weight is 536 g/mol. The summed E-state index contributed by atoms with van der Waals surface area (Å²) < 4.78 is 20.5. The Morgan fingerprint density at radius 1 is 1.03 bits per heavy atom. The first-order valence-corrected chi connectivity index (χ1v) is 13.6. The van der Waals surface area contributed by atoms with Gasteiger partial charge in [-0.1, -0.05) is 6.92 Å². The Labute approximate surface area is 226 Å². The molecule has 9 nitrogen and oxygen atoms in total. The first-order chi connectivity index (χ1) is 18.5. The molecule has 3 fully saturated rings. The average Bonchev–Trinajstić information content (AvgIpc) is 3.51. The van der Waals surface area contributed by atoms with Crippen molar-refractivity contribution in [3.05, 3.63) is 53.6 Å². The number of hydrogen-bond acceptors (Lipinski definition) is 6. The minimum absolute atomic E-state index is 0.0414. The standard InChI is InChI=1S/C29H34FN5O4/c1-27(2)18-33(26(37)29(38)10-14-39-15-11-29)12-13-34(27)25(36)23-17-35-24(31-23)21(28(3)8-9-28)16-22(32-35)19-4-6-20(30)7-5-19/h4-7,16-17,38H,8-15,18H2,1-3H3. The molecule has 2 aromatic heterocycles. The third-order valence-electron chi connectivity index (χ3n) is 8.59. The number of aromatic nitrogens is 3. The molecule has 2 saturated heterocycles. The zero-order valence-electron chi connectivity index (χ0n) is 22.6. The summed E-state index contributed by atoms with van der Waals surface area (Å²) in [6.45, 7) is 7.72. The summed E-state index contributed by atoms with van der Waals surface area (Å²) in [4.78, 5) is 35.2. The number of halogens is 1. The Kier molecular flexibility index (Phi) is 6.03. The van der Waals surface area contributed by atoms with E-state index in [-0.39, 0.29) is 35.9 Å². The Morgan fingerprint density at radius 2 is 1.72 bits per heavy atom. The number of aliphatic hydroxyl groups is 1. The summed E-state index contributed by atoms with van der Waals surface area (Å²) in [6.07, 6.45) is 4.26. The smallest absolute Gasteiger partial charge is 0.274 e. The Balaban J connectivity index is 1.28. The summed E-state index contributed by atoms with van der Waals surface area (Å²) >= 11 is 0. The molecule has 0 bridgehead atoms. The third-order valence-corrected chi connectivity index (χ3v) is 8.59. The molecule has 2 aliphatic heterocycles. The number of benzene rings is 1. The van der Waals surface area contributed by atoms with Crippen LogP contribution in [0.3, 0.4) is 0 Å². The van der Waals surface area contributed by atoms with Crippen molar-refractivity contribution in [3.63, 3.8) is 0 Å². The maximum absolute atomic E-state index is 13.8. The van der Waals surface area contributed by atoms with Crippen LogP contribution in [0.4, 0.5) is 4.39 Å². The van der Waals surface area contributed by atoms with E-state index < -0.39 is 11.1 Å². The molecule has 0 radical (unpaired) electrons. The Hall–Kier alpha value is -3.37. The van der Waals surface area contributed by atoms with Gasteiger partial charge < -0.3 is 19.6 Å². The highest BCUT2D eigenvalue weighted by molar-refractivity contribution is 5.94. The zero-order chi connectivity index (χ0) is 27.6. The van der Waals surface area contributed by atoms with Gasteiger partial charge in [0.05, 0.1) is 17.4 Å². The second kappa shape index (κ2) is 9.09. The van der Waals surface area contributed by atoms with Gasteiger partial charge in [0.2, 0.25) is 0 Å². The number of imidazole rings is 1. The minimum Gasteiger partial charge on any atom is -0.381 e. The Morgan fingerprint density at radius 3 is 2.36 bits per heavy atom. The van der Waals surface area contributed by atoms with Crippen molar-refractivity contribution in [1.29, 1.82) is 0 Å². The quantitative estimate of drug-likeness (QED) is 0.551. The van der Waals surface area contributed by atoms with E-state index in [4.69, 9.17) is 14.8 Å². The van der Waals surface area contributed by atoms with Gasteiger partial charge in [-0.15, -0.1) is 0 Å². The number of hydrogen-bond donors (Lipinski definition) is 1. The molecular formula is C29H34FN5O4. The molecular weight excluding hydrogens is 501 g/mol. The van der Waals surface area contributed by atoms with Gasteiger partial charge in [-0.3, -0.25) is 9.59 Å². The van der Waals surface area contributed by atoms with Crippen molar-refractivity contribution < 1.29 is 23.8 Å². The highest BCUT2D eigenvalue weighted by Gasteiger charge is 2.46. The summed E-state index contributed by atoms with van der Waals surface area (Å²) in [6, 6.07) is 8.23. The van der Waals surface area contributed by atoms with E-state index in [0.29, 0.717) is 49.9 Å². The van der Waals surface area contributed by atoms with E-state index in [9.17, 15) is 19.1 Å². The van der Waals surface area contributed by atoms with Gasteiger partial charge in [0.1, 0.15) is 17.1 Å². The van der Waals surface area contributed by atoms with Crippen LogP contribution < -0.4 is 0 Å². The second-order valence-corrected chi connectivity index (χ2v) is 12.0. The number of piperazine rings is 1. The molecule has 4 heterocycles. The number of nitrogens with zero attached hydrogens (tertiary/aromatic N) is 5.